The van der Waals surface area contributed by atoms with E-state index >= 15 is 0 Å². The van der Waals surface area contributed by atoms with E-state index in [4.69, 9.17) is 4.74 Å². The molecule has 1 aromatic heterocycles. The van der Waals surface area contributed by atoms with E-state index in [0.29, 0.717) is 11.9 Å². The maximum absolute atomic E-state index is 5.13. The lowest BCUT2D eigenvalue weighted by Crippen LogP contribution is -2.37. The van der Waals surface area contributed by atoms with Gasteiger partial charge in [-0.2, -0.15) is 0 Å². The molecular weight excluding hydrogens is 216 g/mol. The molecule has 1 unspecified atom stereocenters. The Morgan fingerprint density at radius 3 is 3.06 bits per heavy atom. The molecule has 1 aromatic rings. The zero-order valence-electron chi connectivity index (χ0n) is 10.5. The van der Waals surface area contributed by atoms with Gasteiger partial charge in [-0.3, -0.25) is 0 Å². The normalized spacial score (nSPS) is 19.3. The number of hydrogen-bond acceptors (Lipinski definition) is 5. The molecule has 0 saturated carbocycles. The predicted octanol–water partition coefficient (Wildman–Crippen LogP) is 1.06. The van der Waals surface area contributed by atoms with E-state index < -0.39 is 0 Å². The third-order valence-corrected chi connectivity index (χ3v) is 3.15. The van der Waals surface area contributed by atoms with Crippen molar-refractivity contribution in [1.29, 1.82) is 0 Å². The van der Waals surface area contributed by atoms with Crippen LogP contribution in [0.4, 0.5) is 5.82 Å². The van der Waals surface area contributed by atoms with Crippen LogP contribution in [0.15, 0.2) is 12.4 Å². The Balaban J connectivity index is 2.04. The maximum atomic E-state index is 5.13. The molecule has 2 heterocycles. The van der Waals surface area contributed by atoms with E-state index in [0.717, 1.165) is 25.5 Å². The molecule has 1 saturated heterocycles. The molecule has 1 aliphatic rings. The fourth-order valence-corrected chi connectivity index (χ4v) is 2.18. The Kier molecular flexibility index (Phi) is 4.14. The molecule has 0 spiro atoms. The summed E-state index contributed by atoms with van der Waals surface area (Å²) < 4.78 is 5.13. The van der Waals surface area contributed by atoms with Crippen molar-refractivity contribution in [2.75, 3.05) is 31.6 Å². The summed E-state index contributed by atoms with van der Waals surface area (Å²) in [6.07, 6.45) is 4.08. The number of likely N-dealkylation sites (N-methyl/N-ethyl adjacent to an activating group) is 1. The van der Waals surface area contributed by atoms with Gasteiger partial charge in [0.15, 0.2) is 0 Å². The van der Waals surface area contributed by atoms with Crippen LogP contribution in [0.3, 0.4) is 0 Å². The molecule has 17 heavy (non-hydrogen) atoms. The second-order valence-corrected chi connectivity index (χ2v) is 4.25. The molecule has 2 rings (SSSR count). The molecule has 1 fully saturated rings. The molecule has 0 amide bonds. The van der Waals surface area contributed by atoms with E-state index in [-0.39, 0.29) is 0 Å². The van der Waals surface area contributed by atoms with Crippen LogP contribution in [0.1, 0.15) is 19.8 Å². The first kappa shape index (κ1) is 12.1. The highest BCUT2D eigenvalue weighted by Crippen LogP contribution is 2.17. The molecule has 1 N–H and O–H groups in total. The Hall–Kier alpha value is -1.36. The number of hydrogen-bond donors (Lipinski definition) is 1. The molecule has 5 nitrogen and oxygen atoms in total. The van der Waals surface area contributed by atoms with Crippen LogP contribution < -0.4 is 15.0 Å². The van der Waals surface area contributed by atoms with Crippen LogP contribution >= 0.6 is 0 Å². The number of anilines is 1. The Morgan fingerprint density at radius 1 is 1.53 bits per heavy atom. The molecular formula is C12H20N4O. The van der Waals surface area contributed by atoms with Crippen molar-refractivity contribution >= 4 is 5.82 Å². The van der Waals surface area contributed by atoms with Gasteiger partial charge in [0, 0.05) is 25.2 Å². The van der Waals surface area contributed by atoms with Gasteiger partial charge in [0.05, 0.1) is 7.11 Å². The highest BCUT2D eigenvalue weighted by molar-refractivity contribution is 5.40. The number of ether oxygens (including phenoxy) is 1. The van der Waals surface area contributed by atoms with E-state index in [1.54, 1.807) is 13.4 Å². The summed E-state index contributed by atoms with van der Waals surface area (Å²) in [5.41, 5.74) is 0. The second kappa shape index (κ2) is 5.82. The highest BCUT2D eigenvalue weighted by atomic mass is 16.5. The number of nitrogens with one attached hydrogen (secondary N) is 1. The first-order valence-corrected chi connectivity index (χ1v) is 6.18. The molecule has 0 radical (unpaired) electrons. The first-order valence-electron chi connectivity index (χ1n) is 6.18. The van der Waals surface area contributed by atoms with Crippen LogP contribution in [0.5, 0.6) is 5.88 Å². The van der Waals surface area contributed by atoms with Crippen LogP contribution in [0.2, 0.25) is 0 Å². The maximum Gasteiger partial charge on any atom is 0.218 e. The first-order chi connectivity index (χ1) is 8.33. The van der Waals surface area contributed by atoms with Crippen molar-refractivity contribution in [3.8, 4) is 5.88 Å². The molecule has 0 bridgehead atoms. The van der Waals surface area contributed by atoms with Gasteiger partial charge < -0.3 is 15.0 Å². The Labute approximate surface area is 102 Å². The zero-order chi connectivity index (χ0) is 12.1. The van der Waals surface area contributed by atoms with Crippen LogP contribution in [0.25, 0.3) is 0 Å². The lowest BCUT2D eigenvalue weighted by Gasteiger charge is -2.25. The number of methoxy groups -OCH3 is 1. The SMILES string of the molecule is CCN(CC1CCCN1)c1cc(OC)ncn1. The Bertz CT molecular complexity index is 352. The smallest absolute Gasteiger partial charge is 0.218 e. The lowest BCUT2D eigenvalue weighted by atomic mass is 10.2. The molecule has 94 valence electrons. The molecule has 0 aromatic carbocycles. The number of nitrogens with zero attached hydrogens (tertiary/aromatic N) is 3. The van der Waals surface area contributed by atoms with Crippen molar-refractivity contribution in [3.05, 3.63) is 12.4 Å². The summed E-state index contributed by atoms with van der Waals surface area (Å²) in [7, 11) is 1.63. The molecule has 1 atom stereocenters. The van der Waals surface area contributed by atoms with E-state index in [2.05, 4.69) is 27.1 Å². The van der Waals surface area contributed by atoms with E-state index in [1.807, 2.05) is 6.07 Å². The van der Waals surface area contributed by atoms with Gasteiger partial charge in [0.1, 0.15) is 12.1 Å². The van der Waals surface area contributed by atoms with E-state index in [9.17, 15) is 0 Å². The fraction of sp³-hybridized carbons (Fsp3) is 0.667. The minimum atomic E-state index is 0.580. The quantitative estimate of drug-likeness (QED) is 0.828. The van der Waals surface area contributed by atoms with Gasteiger partial charge in [-0.1, -0.05) is 0 Å². The van der Waals surface area contributed by atoms with Crippen molar-refractivity contribution in [2.45, 2.75) is 25.8 Å². The number of rotatable bonds is 5. The van der Waals surface area contributed by atoms with Crippen molar-refractivity contribution in [2.24, 2.45) is 0 Å². The third kappa shape index (κ3) is 3.06. The summed E-state index contributed by atoms with van der Waals surface area (Å²) >= 11 is 0. The topological polar surface area (TPSA) is 50.3 Å². The largest absolute Gasteiger partial charge is 0.481 e. The van der Waals surface area contributed by atoms with E-state index in [1.165, 1.54) is 12.8 Å². The summed E-state index contributed by atoms with van der Waals surface area (Å²) in [6, 6.07) is 2.47. The standard InChI is InChI=1S/C12H20N4O/c1-3-16(8-10-5-4-6-13-10)11-7-12(17-2)15-9-14-11/h7,9-10,13H,3-6,8H2,1-2H3. The monoisotopic (exact) mass is 236 g/mol. The van der Waals surface area contributed by atoms with Crippen molar-refractivity contribution < 1.29 is 4.74 Å². The fourth-order valence-electron chi connectivity index (χ4n) is 2.18. The van der Waals surface area contributed by atoms with Gasteiger partial charge in [0.2, 0.25) is 5.88 Å². The summed E-state index contributed by atoms with van der Waals surface area (Å²) in [5, 5.41) is 3.50. The van der Waals surface area contributed by atoms with Crippen LogP contribution in [0, 0.1) is 0 Å². The highest BCUT2D eigenvalue weighted by Gasteiger charge is 2.18. The van der Waals surface area contributed by atoms with Gasteiger partial charge in [-0.15, -0.1) is 0 Å². The predicted molar refractivity (Wildman–Crippen MR) is 67.5 cm³/mol. The number of aromatic nitrogens is 2. The van der Waals surface area contributed by atoms with Crippen LogP contribution in [-0.4, -0.2) is 42.8 Å². The van der Waals surface area contributed by atoms with Crippen molar-refractivity contribution in [3.63, 3.8) is 0 Å². The molecule has 0 aliphatic carbocycles. The van der Waals surface area contributed by atoms with Gasteiger partial charge in [0.25, 0.3) is 0 Å². The Morgan fingerprint density at radius 2 is 2.41 bits per heavy atom. The summed E-state index contributed by atoms with van der Waals surface area (Å²) in [6.45, 7) is 5.22. The summed E-state index contributed by atoms with van der Waals surface area (Å²) in [4.78, 5) is 10.6. The average Bonchev–Trinajstić information content (AvgIpc) is 2.89. The molecule has 1 aliphatic heterocycles. The third-order valence-electron chi connectivity index (χ3n) is 3.15. The van der Waals surface area contributed by atoms with Gasteiger partial charge in [-0.05, 0) is 26.3 Å². The minimum Gasteiger partial charge on any atom is -0.481 e. The van der Waals surface area contributed by atoms with Gasteiger partial charge >= 0.3 is 0 Å². The summed E-state index contributed by atoms with van der Waals surface area (Å²) in [5.74, 6) is 1.56. The average molecular weight is 236 g/mol. The van der Waals surface area contributed by atoms with Gasteiger partial charge in [-0.25, -0.2) is 9.97 Å². The minimum absolute atomic E-state index is 0.580. The van der Waals surface area contributed by atoms with Crippen LogP contribution in [-0.2, 0) is 0 Å². The lowest BCUT2D eigenvalue weighted by molar-refractivity contribution is 0.396. The van der Waals surface area contributed by atoms with Crippen molar-refractivity contribution in [1.82, 2.24) is 15.3 Å². The zero-order valence-corrected chi connectivity index (χ0v) is 10.5. The second-order valence-electron chi connectivity index (χ2n) is 4.25. The molecule has 5 heteroatoms.